The molecular formula is C23H27Cl2NO5. The average molecular weight is 468 g/mol. The predicted molar refractivity (Wildman–Crippen MR) is 121 cm³/mol. The molecule has 1 aliphatic heterocycles. The minimum atomic E-state index is -0.115. The van der Waals surface area contributed by atoms with Gasteiger partial charge in [0.1, 0.15) is 0 Å². The third-order valence-corrected chi connectivity index (χ3v) is 6.48. The zero-order valence-electron chi connectivity index (χ0n) is 17.9. The third kappa shape index (κ3) is 5.03. The number of ether oxygens (including phenoxy) is 3. The summed E-state index contributed by atoms with van der Waals surface area (Å²) in [6, 6.07) is 8.94. The maximum absolute atomic E-state index is 13.4. The largest absolute Gasteiger partial charge is 0.493 e. The standard InChI is InChI=1S/C23H27Cl2NO5/c1-29-20-10-16(11-21(30-2)22(20)31-3)23(28)26-12-15(5-4-8-27)17(13-26)14-6-7-18(24)19(25)9-14/h6-7,9-11,15,17,27H,4-5,8,12-13H2,1-3H3. The molecule has 2 atom stereocenters. The lowest BCUT2D eigenvalue weighted by molar-refractivity contribution is 0.0784. The summed E-state index contributed by atoms with van der Waals surface area (Å²) < 4.78 is 16.1. The van der Waals surface area contributed by atoms with Crippen molar-refractivity contribution in [1.29, 1.82) is 0 Å². The highest BCUT2D eigenvalue weighted by molar-refractivity contribution is 6.42. The van der Waals surface area contributed by atoms with Crippen molar-refractivity contribution in [3.8, 4) is 17.2 Å². The number of carbonyl (C=O) groups is 1. The molecule has 0 spiro atoms. The Hall–Kier alpha value is -2.15. The van der Waals surface area contributed by atoms with E-state index in [1.54, 1.807) is 18.2 Å². The Labute approximate surface area is 192 Å². The van der Waals surface area contributed by atoms with Gasteiger partial charge in [-0.25, -0.2) is 0 Å². The number of benzene rings is 2. The lowest BCUT2D eigenvalue weighted by Crippen LogP contribution is -2.29. The Morgan fingerprint density at radius 3 is 2.26 bits per heavy atom. The first-order valence-corrected chi connectivity index (χ1v) is 10.8. The van der Waals surface area contributed by atoms with Crippen LogP contribution in [0.1, 0.15) is 34.7 Å². The second-order valence-electron chi connectivity index (χ2n) is 7.53. The quantitative estimate of drug-likeness (QED) is 0.611. The Morgan fingerprint density at radius 2 is 1.71 bits per heavy atom. The van der Waals surface area contributed by atoms with Crippen LogP contribution in [-0.2, 0) is 0 Å². The molecule has 2 unspecified atom stereocenters. The van der Waals surface area contributed by atoms with Gasteiger partial charge < -0.3 is 24.2 Å². The summed E-state index contributed by atoms with van der Waals surface area (Å²) in [7, 11) is 4.56. The Kier molecular flexibility index (Phi) is 7.92. The second kappa shape index (κ2) is 10.4. The minimum Gasteiger partial charge on any atom is -0.493 e. The molecule has 1 aliphatic rings. The molecule has 168 valence electrons. The monoisotopic (exact) mass is 467 g/mol. The van der Waals surface area contributed by atoms with Gasteiger partial charge in [0.05, 0.1) is 31.4 Å². The van der Waals surface area contributed by atoms with Crippen molar-refractivity contribution in [2.75, 3.05) is 41.0 Å². The number of nitrogens with zero attached hydrogens (tertiary/aromatic N) is 1. The number of carbonyl (C=O) groups excluding carboxylic acids is 1. The van der Waals surface area contributed by atoms with E-state index >= 15 is 0 Å². The first-order chi connectivity index (χ1) is 14.9. The second-order valence-corrected chi connectivity index (χ2v) is 8.34. The summed E-state index contributed by atoms with van der Waals surface area (Å²) in [5.41, 5.74) is 1.50. The van der Waals surface area contributed by atoms with E-state index in [0.717, 1.165) is 12.0 Å². The summed E-state index contributed by atoms with van der Waals surface area (Å²) in [4.78, 5) is 15.2. The maximum atomic E-state index is 13.4. The first kappa shape index (κ1) is 23.5. The highest BCUT2D eigenvalue weighted by Crippen LogP contribution is 2.41. The molecule has 3 rings (SSSR count). The molecule has 1 heterocycles. The number of halogens is 2. The van der Waals surface area contributed by atoms with Crippen LogP contribution in [0.4, 0.5) is 0 Å². The lowest BCUT2D eigenvalue weighted by atomic mass is 9.86. The van der Waals surface area contributed by atoms with E-state index in [1.165, 1.54) is 21.3 Å². The van der Waals surface area contributed by atoms with Crippen molar-refractivity contribution in [2.24, 2.45) is 5.92 Å². The molecule has 1 amide bonds. The fraction of sp³-hybridized carbons (Fsp3) is 0.435. The van der Waals surface area contributed by atoms with Crippen LogP contribution in [0.5, 0.6) is 17.2 Å². The fourth-order valence-corrected chi connectivity index (χ4v) is 4.50. The van der Waals surface area contributed by atoms with Gasteiger partial charge in [0, 0.05) is 31.2 Å². The fourth-order valence-electron chi connectivity index (χ4n) is 4.19. The zero-order valence-corrected chi connectivity index (χ0v) is 19.4. The van der Waals surface area contributed by atoms with Crippen LogP contribution in [-0.4, -0.2) is 56.9 Å². The van der Waals surface area contributed by atoms with Crippen molar-refractivity contribution in [2.45, 2.75) is 18.8 Å². The van der Waals surface area contributed by atoms with E-state index < -0.39 is 0 Å². The molecule has 0 saturated carbocycles. The van der Waals surface area contributed by atoms with Crippen molar-refractivity contribution < 1.29 is 24.1 Å². The Bertz CT molecular complexity index is 911. The molecular weight excluding hydrogens is 441 g/mol. The number of hydrogen-bond donors (Lipinski definition) is 1. The molecule has 0 aromatic heterocycles. The highest BCUT2D eigenvalue weighted by Gasteiger charge is 2.36. The summed E-state index contributed by atoms with van der Waals surface area (Å²) in [6.07, 6.45) is 1.48. The molecule has 8 heteroatoms. The summed E-state index contributed by atoms with van der Waals surface area (Å²) >= 11 is 12.3. The zero-order chi connectivity index (χ0) is 22.5. The number of hydrogen-bond acceptors (Lipinski definition) is 5. The van der Waals surface area contributed by atoms with Crippen LogP contribution in [0.25, 0.3) is 0 Å². The van der Waals surface area contributed by atoms with Gasteiger partial charge in [0.2, 0.25) is 5.75 Å². The van der Waals surface area contributed by atoms with E-state index in [4.69, 9.17) is 37.4 Å². The van der Waals surface area contributed by atoms with Gasteiger partial charge in [-0.1, -0.05) is 29.3 Å². The number of methoxy groups -OCH3 is 3. The van der Waals surface area contributed by atoms with Gasteiger partial charge in [-0.05, 0) is 48.6 Å². The Morgan fingerprint density at radius 1 is 1.03 bits per heavy atom. The summed E-state index contributed by atoms with van der Waals surface area (Å²) in [6.45, 7) is 1.25. The molecule has 0 aliphatic carbocycles. The number of likely N-dealkylation sites (tertiary alicyclic amines) is 1. The molecule has 1 fully saturated rings. The van der Waals surface area contributed by atoms with E-state index in [2.05, 4.69) is 0 Å². The highest BCUT2D eigenvalue weighted by atomic mass is 35.5. The van der Waals surface area contributed by atoms with Crippen LogP contribution >= 0.6 is 23.2 Å². The molecule has 2 aromatic rings. The van der Waals surface area contributed by atoms with Crippen LogP contribution in [0.15, 0.2) is 30.3 Å². The number of rotatable bonds is 8. The van der Waals surface area contributed by atoms with Crippen LogP contribution < -0.4 is 14.2 Å². The lowest BCUT2D eigenvalue weighted by Gasteiger charge is -2.19. The molecule has 0 radical (unpaired) electrons. The Balaban J connectivity index is 1.90. The molecule has 0 bridgehead atoms. The number of amides is 1. The predicted octanol–water partition coefficient (Wildman–Crippen LogP) is 4.65. The summed E-state index contributed by atoms with van der Waals surface area (Å²) in [5.74, 6) is 1.50. The van der Waals surface area contributed by atoms with Crippen molar-refractivity contribution in [3.63, 3.8) is 0 Å². The third-order valence-electron chi connectivity index (χ3n) is 5.74. The van der Waals surface area contributed by atoms with Gasteiger partial charge in [-0.15, -0.1) is 0 Å². The number of aliphatic hydroxyl groups is 1. The van der Waals surface area contributed by atoms with Gasteiger partial charge in [0.15, 0.2) is 11.5 Å². The average Bonchev–Trinajstić information content (AvgIpc) is 3.21. The molecule has 31 heavy (non-hydrogen) atoms. The van der Waals surface area contributed by atoms with Crippen molar-refractivity contribution in [3.05, 3.63) is 51.5 Å². The van der Waals surface area contributed by atoms with E-state index in [1.807, 2.05) is 17.0 Å². The first-order valence-electron chi connectivity index (χ1n) is 10.1. The maximum Gasteiger partial charge on any atom is 0.254 e. The number of aliphatic hydroxyl groups excluding tert-OH is 1. The smallest absolute Gasteiger partial charge is 0.254 e. The van der Waals surface area contributed by atoms with Gasteiger partial charge >= 0.3 is 0 Å². The summed E-state index contributed by atoms with van der Waals surface area (Å²) in [5, 5.41) is 10.3. The van der Waals surface area contributed by atoms with E-state index in [9.17, 15) is 9.90 Å². The molecule has 1 saturated heterocycles. The van der Waals surface area contributed by atoms with E-state index in [0.29, 0.717) is 52.4 Å². The minimum absolute atomic E-state index is 0.104. The topological polar surface area (TPSA) is 68.2 Å². The van der Waals surface area contributed by atoms with E-state index in [-0.39, 0.29) is 24.3 Å². The SMILES string of the molecule is COc1cc(C(=O)N2CC(CCCO)C(c3ccc(Cl)c(Cl)c3)C2)cc(OC)c1OC. The van der Waals surface area contributed by atoms with Gasteiger partial charge in [0.25, 0.3) is 5.91 Å². The van der Waals surface area contributed by atoms with Gasteiger partial charge in [-0.2, -0.15) is 0 Å². The van der Waals surface area contributed by atoms with Gasteiger partial charge in [-0.3, -0.25) is 4.79 Å². The van der Waals surface area contributed by atoms with Crippen molar-refractivity contribution >= 4 is 29.1 Å². The molecule has 6 nitrogen and oxygen atoms in total. The van der Waals surface area contributed by atoms with Crippen LogP contribution in [0.2, 0.25) is 10.0 Å². The van der Waals surface area contributed by atoms with Crippen LogP contribution in [0.3, 0.4) is 0 Å². The molecule has 2 aromatic carbocycles. The normalized spacial score (nSPS) is 18.2. The molecule has 1 N–H and O–H groups in total. The van der Waals surface area contributed by atoms with Crippen molar-refractivity contribution in [1.82, 2.24) is 4.90 Å². The van der Waals surface area contributed by atoms with Crippen LogP contribution in [0, 0.1) is 5.92 Å².